The average Bonchev–Trinajstić information content (AvgIpc) is 2.32. The number of carbonyl (C=O) groups is 1. The molecule has 0 radical (unpaired) electrons. The Labute approximate surface area is 165 Å². The van der Waals surface area contributed by atoms with E-state index in [1.54, 1.807) is 13.1 Å². The summed E-state index contributed by atoms with van der Waals surface area (Å²) in [6.07, 6.45) is 8.56. The van der Waals surface area contributed by atoms with Crippen molar-refractivity contribution in [2.75, 3.05) is 19.3 Å². The molecule has 0 spiro atoms. The standard InChI is InChI=1S/C13H25NO4S.K/c1-3-4-5-6-7-10-13(15)14(2)11-8-9-12-19(16,17)18;/h7,10H,3-6,8-9,11-12H2,1-2H3,(H,16,17,18);/q;+1/p-1/b10-7+;. The van der Waals surface area contributed by atoms with Gasteiger partial charge < -0.3 is 9.45 Å². The van der Waals surface area contributed by atoms with E-state index in [1.165, 1.54) is 4.90 Å². The molecule has 112 valence electrons. The normalized spacial score (nSPS) is 11.3. The molecule has 7 heteroatoms. The molecular formula is C13H24KNO4S. The maximum Gasteiger partial charge on any atom is 1.00 e. The van der Waals surface area contributed by atoms with Crippen LogP contribution in [0.25, 0.3) is 0 Å². The van der Waals surface area contributed by atoms with Crippen molar-refractivity contribution < 1.29 is 69.1 Å². The summed E-state index contributed by atoms with van der Waals surface area (Å²) < 4.78 is 31.2. The summed E-state index contributed by atoms with van der Waals surface area (Å²) in [6.45, 7) is 2.60. The first-order chi connectivity index (χ1) is 8.87. The quantitative estimate of drug-likeness (QED) is 0.221. The molecule has 0 atom stereocenters. The molecule has 0 aromatic heterocycles. The third-order valence-electron chi connectivity index (χ3n) is 2.75. The van der Waals surface area contributed by atoms with Gasteiger partial charge >= 0.3 is 51.4 Å². The molecule has 0 bridgehead atoms. The van der Waals surface area contributed by atoms with E-state index in [1.807, 2.05) is 6.08 Å². The fraction of sp³-hybridized carbons (Fsp3) is 0.769. The molecule has 0 rings (SSSR count). The van der Waals surface area contributed by atoms with Crippen LogP contribution in [0.3, 0.4) is 0 Å². The number of amides is 1. The van der Waals surface area contributed by atoms with Crippen molar-refractivity contribution >= 4 is 16.0 Å². The molecule has 0 aliphatic heterocycles. The predicted octanol–water partition coefficient (Wildman–Crippen LogP) is -1.09. The molecule has 1 amide bonds. The predicted molar refractivity (Wildman–Crippen MR) is 74.7 cm³/mol. The van der Waals surface area contributed by atoms with E-state index in [0.717, 1.165) is 25.7 Å². The average molecular weight is 330 g/mol. The second-order valence-corrected chi connectivity index (χ2v) is 6.15. The minimum atomic E-state index is -4.13. The Morgan fingerprint density at radius 2 is 1.85 bits per heavy atom. The first-order valence-electron chi connectivity index (χ1n) is 6.72. The van der Waals surface area contributed by atoms with Crippen molar-refractivity contribution in [3.63, 3.8) is 0 Å². The van der Waals surface area contributed by atoms with Crippen molar-refractivity contribution in [2.45, 2.75) is 45.4 Å². The number of hydrogen-bond acceptors (Lipinski definition) is 4. The van der Waals surface area contributed by atoms with Crippen LogP contribution in [0.2, 0.25) is 0 Å². The Bertz CT molecular complexity index is 382. The Hall–Kier alpha value is 0.756. The van der Waals surface area contributed by atoms with Gasteiger partial charge in [-0.2, -0.15) is 0 Å². The molecule has 0 unspecified atom stereocenters. The molecule has 0 aliphatic rings. The van der Waals surface area contributed by atoms with Crippen LogP contribution in [0, 0.1) is 0 Å². The zero-order valence-corrected chi connectivity index (χ0v) is 16.7. The maximum absolute atomic E-state index is 11.6. The van der Waals surface area contributed by atoms with Crippen molar-refractivity contribution in [3.05, 3.63) is 12.2 Å². The minimum absolute atomic E-state index is 0. The SMILES string of the molecule is CCCCC/C=C/C(=O)N(C)CCCCS(=O)(=O)[O-].[K+]. The van der Waals surface area contributed by atoms with Crippen LogP contribution in [0.15, 0.2) is 12.2 Å². The third-order valence-corrected chi connectivity index (χ3v) is 3.54. The van der Waals surface area contributed by atoms with Crippen LogP contribution >= 0.6 is 0 Å². The molecule has 0 aliphatic carbocycles. The van der Waals surface area contributed by atoms with Crippen LogP contribution in [-0.2, 0) is 14.9 Å². The Balaban J connectivity index is 0. The Kier molecular flexibility index (Phi) is 15.5. The molecule has 0 aromatic carbocycles. The van der Waals surface area contributed by atoms with E-state index in [-0.39, 0.29) is 63.0 Å². The van der Waals surface area contributed by atoms with Gasteiger partial charge in [-0.05, 0) is 31.8 Å². The number of carbonyl (C=O) groups excluding carboxylic acids is 1. The van der Waals surface area contributed by atoms with Gasteiger partial charge in [0.2, 0.25) is 5.91 Å². The van der Waals surface area contributed by atoms with E-state index >= 15 is 0 Å². The van der Waals surface area contributed by atoms with Crippen molar-refractivity contribution in [3.8, 4) is 0 Å². The molecule has 0 saturated carbocycles. The molecule has 0 heterocycles. The van der Waals surface area contributed by atoms with Crippen LogP contribution in [0.1, 0.15) is 45.4 Å². The summed E-state index contributed by atoms with van der Waals surface area (Å²) in [5, 5.41) is 0. The second-order valence-electron chi connectivity index (χ2n) is 4.63. The molecule has 0 aromatic rings. The summed E-state index contributed by atoms with van der Waals surface area (Å²) >= 11 is 0. The molecule has 0 N–H and O–H groups in total. The largest absolute Gasteiger partial charge is 1.00 e. The summed E-state index contributed by atoms with van der Waals surface area (Å²) in [5.74, 6) is -0.441. The third kappa shape index (κ3) is 15.2. The second kappa shape index (κ2) is 13.4. The van der Waals surface area contributed by atoms with Gasteiger partial charge in [0.25, 0.3) is 0 Å². The maximum atomic E-state index is 11.6. The van der Waals surface area contributed by atoms with Gasteiger partial charge in [-0.15, -0.1) is 0 Å². The zero-order chi connectivity index (χ0) is 14.7. The summed E-state index contributed by atoms with van der Waals surface area (Å²) in [5.41, 5.74) is 0. The van der Waals surface area contributed by atoms with Gasteiger partial charge in [-0.3, -0.25) is 4.79 Å². The molecule has 5 nitrogen and oxygen atoms in total. The van der Waals surface area contributed by atoms with Crippen LogP contribution in [0.4, 0.5) is 0 Å². The smallest absolute Gasteiger partial charge is 0.748 e. The minimum Gasteiger partial charge on any atom is -0.748 e. The summed E-state index contributed by atoms with van der Waals surface area (Å²) in [7, 11) is -2.46. The summed E-state index contributed by atoms with van der Waals surface area (Å²) in [4.78, 5) is 13.2. The van der Waals surface area contributed by atoms with Crippen molar-refractivity contribution in [1.29, 1.82) is 0 Å². The zero-order valence-electron chi connectivity index (χ0n) is 12.8. The fourth-order valence-electron chi connectivity index (χ4n) is 1.56. The van der Waals surface area contributed by atoms with Gasteiger partial charge in [-0.25, -0.2) is 8.42 Å². The van der Waals surface area contributed by atoms with E-state index in [9.17, 15) is 17.8 Å². The fourth-order valence-corrected chi connectivity index (χ4v) is 2.12. The molecule has 0 saturated heterocycles. The van der Waals surface area contributed by atoms with Gasteiger partial charge in [0.05, 0.1) is 10.1 Å². The van der Waals surface area contributed by atoms with E-state index in [4.69, 9.17) is 0 Å². The molecule has 20 heavy (non-hydrogen) atoms. The van der Waals surface area contributed by atoms with Gasteiger partial charge in [0.15, 0.2) is 0 Å². The number of unbranched alkanes of at least 4 members (excludes halogenated alkanes) is 4. The topological polar surface area (TPSA) is 77.5 Å². The van der Waals surface area contributed by atoms with Gasteiger partial charge in [0, 0.05) is 19.3 Å². The van der Waals surface area contributed by atoms with E-state index < -0.39 is 10.1 Å². The van der Waals surface area contributed by atoms with Crippen LogP contribution in [0.5, 0.6) is 0 Å². The number of nitrogens with zero attached hydrogens (tertiary/aromatic N) is 1. The van der Waals surface area contributed by atoms with E-state index in [0.29, 0.717) is 19.4 Å². The Morgan fingerprint density at radius 3 is 2.40 bits per heavy atom. The summed E-state index contributed by atoms with van der Waals surface area (Å²) in [6, 6.07) is 0. The van der Waals surface area contributed by atoms with Crippen LogP contribution < -0.4 is 51.4 Å². The van der Waals surface area contributed by atoms with E-state index in [2.05, 4.69) is 6.92 Å². The number of likely N-dealkylation sites (N-methyl/N-ethyl adjacent to an activating group) is 1. The van der Waals surface area contributed by atoms with Gasteiger partial charge in [0.1, 0.15) is 0 Å². The number of hydrogen-bond donors (Lipinski definition) is 0. The monoisotopic (exact) mass is 329 g/mol. The number of allylic oxidation sites excluding steroid dienone is 1. The first-order valence-corrected chi connectivity index (χ1v) is 8.29. The van der Waals surface area contributed by atoms with Crippen LogP contribution in [-0.4, -0.2) is 43.1 Å². The van der Waals surface area contributed by atoms with Gasteiger partial charge in [-0.1, -0.05) is 25.8 Å². The first kappa shape index (κ1) is 23.0. The van der Waals surface area contributed by atoms with Crippen molar-refractivity contribution in [2.24, 2.45) is 0 Å². The molecular weight excluding hydrogens is 305 g/mol. The van der Waals surface area contributed by atoms with Crippen molar-refractivity contribution in [1.82, 2.24) is 4.90 Å². The Morgan fingerprint density at radius 1 is 1.20 bits per heavy atom. The number of rotatable bonds is 10. The molecule has 0 fully saturated rings.